The first-order chi connectivity index (χ1) is 16.0. The summed E-state index contributed by atoms with van der Waals surface area (Å²) in [5, 5.41) is 12.7. The number of nitrogens with zero attached hydrogens (tertiary/aromatic N) is 5. The molecule has 0 unspecified atom stereocenters. The minimum Gasteiger partial charge on any atom is -0.368 e. The molecule has 0 bridgehead atoms. The van der Waals surface area contributed by atoms with Crippen molar-refractivity contribution in [1.82, 2.24) is 14.8 Å². The fourth-order valence-electron chi connectivity index (χ4n) is 4.26. The molecule has 1 saturated heterocycles. The molecular formula is C24H26FN5O3. The van der Waals surface area contributed by atoms with Crippen molar-refractivity contribution in [3.05, 3.63) is 76.4 Å². The zero-order chi connectivity index (χ0) is 23.4. The first kappa shape index (κ1) is 22.6. The summed E-state index contributed by atoms with van der Waals surface area (Å²) in [7, 11) is 0. The highest BCUT2D eigenvalue weighted by Gasteiger charge is 2.24. The summed E-state index contributed by atoms with van der Waals surface area (Å²) in [5.74, 6) is -0.288. The average molecular weight is 452 g/mol. The van der Waals surface area contributed by atoms with Gasteiger partial charge in [-0.3, -0.25) is 24.8 Å². The number of anilines is 1. The summed E-state index contributed by atoms with van der Waals surface area (Å²) in [6.07, 6.45) is 3.17. The van der Waals surface area contributed by atoms with E-state index in [1.165, 1.54) is 24.4 Å². The zero-order valence-electron chi connectivity index (χ0n) is 18.5. The lowest BCUT2D eigenvalue weighted by molar-refractivity contribution is -0.383. The molecule has 0 aliphatic carbocycles. The molecule has 9 heteroatoms. The number of carbonyl (C=O) groups is 1. The van der Waals surface area contributed by atoms with Gasteiger partial charge in [-0.1, -0.05) is 12.1 Å². The van der Waals surface area contributed by atoms with Crippen LogP contribution in [0.15, 0.2) is 54.9 Å². The van der Waals surface area contributed by atoms with Crippen molar-refractivity contribution in [1.29, 1.82) is 0 Å². The highest BCUT2D eigenvalue weighted by atomic mass is 19.1. The van der Waals surface area contributed by atoms with Gasteiger partial charge in [0, 0.05) is 68.8 Å². The molecule has 1 amide bonds. The second-order valence-electron chi connectivity index (χ2n) is 8.08. The van der Waals surface area contributed by atoms with Gasteiger partial charge in [0.25, 0.3) is 5.69 Å². The molecule has 1 aromatic heterocycles. The summed E-state index contributed by atoms with van der Waals surface area (Å²) >= 11 is 0. The lowest BCUT2D eigenvalue weighted by atomic mass is 10.1. The Morgan fingerprint density at radius 2 is 1.94 bits per heavy atom. The second-order valence-corrected chi connectivity index (χ2v) is 8.08. The van der Waals surface area contributed by atoms with Gasteiger partial charge in [-0.25, -0.2) is 4.39 Å². The summed E-state index contributed by atoms with van der Waals surface area (Å²) in [4.78, 5) is 33.9. The Kier molecular flexibility index (Phi) is 6.79. The number of carbonyl (C=O) groups excluding carboxylic acids is 1. The molecule has 0 spiro atoms. The van der Waals surface area contributed by atoms with Gasteiger partial charge in [-0.05, 0) is 36.8 Å². The first-order valence-corrected chi connectivity index (χ1v) is 11.0. The van der Waals surface area contributed by atoms with Crippen LogP contribution in [0, 0.1) is 15.9 Å². The summed E-state index contributed by atoms with van der Waals surface area (Å²) < 4.78 is 13.5. The molecule has 8 nitrogen and oxygen atoms in total. The Labute approximate surface area is 191 Å². The smallest absolute Gasteiger partial charge is 0.278 e. The number of amides is 1. The minimum atomic E-state index is -0.388. The van der Waals surface area contributed by atoms with E-state index in [4.69, 9.17) is 0 Å². The number of halogens is 1. The minimum absolute atomic E-state index is 0.0158. The number of hydrogen-bond donors (Lipinski definition) is 0. The molecule has 3 aromatic rings. The van der Waals surface area contributed by atoms with Crippen LogP contribution in [-0.2, 0) is 11.3 Å². The summed E-state index contributed by atoms with van der Waals surface area (Å²) in [5.41, 5.74) is 1.75. The Morgan fingerprint density at radius 3 is 2.64 bits per heavy atom. The highest BCUT2D eigenvalue weighted by Crippen LogP contribution is 2.33. The monoisotopic (exact) mass is 451 g/mol. The number of non-ortho nitro benzene ring substituents is 1. The van der Waals surface area contributed by atoms with E-state index < -0.39 is 0 Å². The van der Waals surface area contributed by atoms with E-state index in [1.807, 2.05) is 13.0 Å². The van der Waals surface area contributed by atoms with Gasteiger partial charge >= 0.3 is 0 Å². The van der Waals surface area contributed by atoms with E-state index in [-0.39, 0.29) is 22.3 Å². The van der Waals surface area contributed by atoms with Gasteiger partial charge < -0.3 is 9.80 Å². The molecule has 4 rings (SSSR count). The molecule has 0 atom stereocenters. The molecule has 0 radical (unpaired) electrons. The van der Waals surface area contributed by atoms with E-state index in [9.17, 15) is 19.3 Å². The number of nitro benzene ring substituents is 1. The van der Waals surface area contributed by atoms with E-state index in [2.05, 4.69) is 14.8 Å². The Balaban J connectivity index is 1.39. The van der Waals surface area contributed by atoms with Crippen molar-refractivity contribution in [3.63, 3.8) is 0 Å². The van der Waals surface area contributed by atoms with Gasteiger partial charge in [0.1, 0.15) is 5.82 Å². The van der Waals surface area contributed by atoms with Gasteiger partial charge in [0.05, 0.1) is 16.9 Å². The maximum atomic E-state index is 13.5. The zero-order valence-corrected chi connectivity index (χ0v) is 18.5. The van der Waals surface area contributed by atoms with E-state index in [0.29, 0.717) is 51.2 Å². The molecule has 1 aliphatic heterocycles. The highest BCUT2D eigenvalue weighted by molar-refractivity contribution is 5.99. The first-order valence-electron chi connectivity index (χ1n) is 11.0. The van der Waals surface area contributed by atoms with Crippen molar-refractivity contribution in [2.75, 3.05) is 44.2 Å². The van der Waals surface area contributed by atoms with Crippen molar-refractivity contribution in [3.8, 4) is 0 Å². The molecule has 0 N–H and O–H groups in total. The third-order valence-corrected chi connectivity index (χ3v) is 6.04. The number of likely N-dealkylation sites (N-methyl/N-ethyl adjacent to an activating group) is 1. The second kappa shape index (κ2) is 9.91. The van der Waals surface area contributed by atoms with Gasteiger partial charge in [0.15, 0.2) is 0 Å². The third-order valence-electron chi connectivity index (χ3n) is 6.04. The lowest BCUT2D eigenvalue weighted by Crippen LogP contribution is -2.50. The van der Waals surface area contributed by atoms with Crippen LogP contribution in [0.1, 0.15) is 12.5 Å². The van der Waals surface area contributed by atoms with Crippen molar-refractivity contribution in [2.45, 2.75) is 13.5 Å². The molecule has 1 aliphatic rings. The molecule has 2 aromatic carbocycles. The fourth-order valence-corrected chi connectivity index (χ4v) is 4.26. The predicted octanol–water partition coefficient (Wildman–Crippen LogP) is 3.45. The van der Waals surface area contributed by atoms with E-state index >= 15 is 0 Å². The Morgan fingerprint density at radius 1 is 1.15 bits per heavy atom. The number of pyridine rings is 1. The summed E-state index contributed by atoms with van der Waals surface area (Å²) in [6, 6.07) is 11.4. The molecule has 33 heavy (non-hydrogen) atoms. The van der Waals surface area contributed by atoms with Gasteiger partial charge in [0.2, 0.25) is 5.91 Å². The van der Waals surface area contributed by atoms with Crippen LogP contribution in [0.5, 0.6) is 0 Å². The standard InChI is InChI=1S/C24H26FN5O3/c1-2-28(16-18-4-3-5-19(25)14-18)24(31)17-27-10-12-29(13-11-27)22-6-7-23(30(32)33)21-15-26-9-8-20(21)22/h3-9,14-15H,2,10-13,16-17H2,1H3. The number of piperazine rings is 1. The predicted molar refractivity (Wildman–Crippen MR) is 125 cm³/mol. The van der Waals surface area contributed by atoms with Crippen LogP contribution >= 0.6 is 0 Å². The molecule has 2 heterocycles. The number of benzene rings is 2. The van der Waals surface area contributed by atoms with Crippen molar-refractivity contribution < 1.29 is 14.1 Å². The van der Waals surface area contributed by atoms with Gasteiger partial charge in [-0.15, -0.1) is 0 Å². The van der Waals surface area contributed by atoms with Crippen LogP contribution in [-0.4, -0.2) is 64.9 Å². The maximum Gasteiger partial charge on any atom is 0.278 e. The average Bonchev–Trinajstić information content (AvgIpc) is 2.82. The van der Waals surface area contributed by atoms with Gasteiger partial charge in [-0.2, -0.15) is 0 Å². The Hall–Kier alpha value is -3.59. The third kappa shape index (κ3) is 5.09. The van der Waals surface area contributed by atoms with Crippen LogP contribution in [0.3, 0.4) is 0 Å². The van der Waals surface area contributed by atoms with Crippen LogP contribution in [0.25, 0.3) is 10.8 Å². The molecule has 1 fully saturated rings. The molecule has 172 valence electrons. The van der Waals surface area contributed by atoms with E-state index in [1.54, 1.807) is 29.3 Å². The molecule has 0 saturated carbocycles. The number of rotatable bonds is 7. The number of fused-ring (bicyclic) bond motifs is 1. The normalized spacial score (nSPS) is 14.4. The number of aromatic nitrogens is 1. The van der Waals surface area contributed by atoms with E-state index in [0.717, 1.165) is 16.6 Å². The quantitative estimate of drug-likeness (QED) is 0.404. The van der Waals surface area contributed by atoms with Crippen LogP contribution in [0.2, 0.25) is 0 Å². The lowest BCUT2D eigenvalue weighted by Gasteiger charge is -2.37. The largest absolute Gasteiger partial charge is 0.368 e. The van der Waals surface area contributed by atoms with Crippen molar-refractivity contribution in [2.24, 2.45) is 0 Å². The maximum absolute atomic E-state index is 13.5. The number of nitro groups is 1. The topological polar surface area (TPSA) is 82.8 Å². The van der Waals surface area contributed by atoms with Crippen molar-refractivity contribution >= 4 is 28.1 Å². The summed E-state index contributed by atoms with van der Waals surface area (Å²) in [6.45, 7) is 5.98. The Bertz CT molecular complexity index is 1160. The number of hydrogen-bond acceptors (Lipinski definition) is 6. The molecular weight excluding hydrogens is 425 g/mol. The van der Waals surface area contributed by atoms with Crippen LogP contribution in [0.4, 0.5) is 15.8 Å². The van der Waals surface area contributed by atoms with Crippen LogP contribution < -0.4 is 4.90 Å². The SMILES string of the molecule is CCN(Cc1cccc(F)c1)C(=O)CN1CCN(c2ccc([N+](=O)[O-])c3cnccc23)CC1. The fraction of sp³-hybridized carbons (Fsp3) is 0.333.